The van der Waals surface area contributed by atoms with Crippen molar-refractivity contribution in [2.24, 2.45) is 5.92 Å². The number of hydrogen-bond donors (Lipinski definition) is 2. The Kier molecular flexibility index (Phi) is 10.2. The molecule has 0 radical (unpaired) electrons. The highest BCUT2D eigenvalue weighted by Crippen LogP contribution is 2.34. The molecule has 1 heterocycles. The summed E-state index contributed by atoms with van der Waals surface area (Å²) in [5.74, 6) is -2.55. The van der Waals surface area contributed by atoms with Gasteiger partial charge >= 0.3 is 12.1 Å². The number of carbonyl (C=O) groups excluding carboxylic acids is 1. The van der Waals surface area contributed by atoms with Gasteiger partial charge in [0, 0.05) is 36.7 Å². The maximum absolute atomic E-state index is 14.8. The third kappa shape index (κ3) is 8.75. The molecular formula is C29H29F5N2O4. The Morgan fingerprint density at radius 2 is 1.65 bits per heavy atom. The Hall–Kier alpha value is -4.02. The highest BCUT2D eigenvalue weighted by molar-refractivity contribution is 5.96. The molecule has 0 saturated carbocycles. The van der Waals surface area contributed by atoms with Crippen LogP contribution in [0.25, 0.3) is 11.1 Å². The summed E-state index contributed by atoms with van der Waals surface area (Å²) in [5.41, 5.74) is -1.07. The fourth-order valence-corrected chi connectivity index (χ4v) is 4.07. The van der Waals surface area contributed by atoms with E-state index in [9.17, 15) is 31.5 Å². The molecule has 0 amide bonds. The molecule has 1 aromatic heterocycles. The number of aromatic nitrogens is 1. The molecule has 0 spiro atoms. The van der Waals surface area contributed by atoms with Gasteiger partial charge < -0.3 is 15.2 Å². The van der Waals surface area contributed by atoms with E-state index in [4.69, 9.17) is 9.84 Å². The van der Waals surface area contributed by atoms with E-state index in [1.807, 2.05) is 13.8 Å². The van der Waals surface area contributed by atoms with E-state index in [-0.39, 0.29) is 54.9 Å². The number of halogens is 5. The smallest absolute Gasteiger partial charge is 0.416 e. The molecule has 6 nitrogen and oxygen atoms in total. The summed E-state index contributed by atoms with van der Waals surface area (Å²) in [6.07, 6.45) is -2.33. The third-order valence-corrected chi connectivity index (χ3v) is 5.96. The number of hydrogen-bond acceptors (Lipinski definition) is 5. The monoisotopic (exact) mass is 564 g/mol. The number of ether oxygens (including phenoxy) is 1. The fourth-order valence-electron chi connectivity index (χ4n) is 4.07. The number of carbonyl (C=O) groups is 2. The molecule has 11 heteroatoms. The van der Waals surface area contributed by atoms with Crippen LogP contribution in [0.1, 0.15) is 55.5 Å². The Labute approximate surface area is 228 Å². The number of Topliss-reactive ketones (excluding diaryl/α,β-unsaturated/α-hetero) is 1. The molecule has 0 aliphatic carbocycles. The summed E-state index contributed by atoms with van der Waals surface area (Å²) in [5, 5.41) is 11.9. The predicted molar refractivity (Wildman–Crippen MR) is 139 cm³/mol. The van der Waals surface area contributed by atoms with Crippen molar-refractivity contribution in [3.63, 3.8) is 0 Å². The quantitative estimate of drug-likeness (QED) is 0.166. The second-order valence-corrected chi connectivity index (χ2v) is 9.72. The van der Waals surface area contributed by atoms with E-state index in [2.05, 4.69) is 10.3 Å². The topological polar surface area (TPSA) is 88.5 Å². The van der Waals surface area contributed by atoms with Crippen molar-refractivity contribution in [2.45, 2.75) is 51.7 Å². The van der Waals surface area contributed by atoms with E-state index < -0.39 is 34.9 Å². The number of rotatable bonds is 13. The zero-order valence-electron chi connectivity index (χ0n) is 21.9. The van der Waals surface area contributed by atoms with Gasteiger partial charge in [-0.3, -0.25) is 9.59 Å². The normalized spacial score (nSPS) is 12.3. The molecule has 0 aliphatic rings. The number of carboxylic acids is 1. The van der Waals surface area contributed by atoms with E-state index >= 15 is 0 Å². The summed E-state index contributed by atoms with van der Waals surface area (Å²) in [6, 6.07) is 8.37. The Balaban J connectivity index is 1.66. The zero-order valence-corrected chi connectivity index (χ0v) is 21.9. The van der Waals surface area contributed by atoms with Gasteiger partial charge in [-0.2, -0.15) is 13.2 Å². The minimum atomic E-state index is -4.56. The van der Waals surface area contributed by atoms with Crippen molar-refractivity contribution in [3.05, 3.63) is 77.5 Å². The first-order valence-electron chi connectivity index (χ1n) is 12.6. The lowest BCUT2D eigenvalue weighted by Crippen LogP contribution is -2.29. The number of carboxylic acid groups (broad SMARTS) is 1. The van der Waals surface area contributed by atoms with Crippen LogP contribution >= 0.6 is 0 Å². The number of aliphatic carboxylic acids is 1. The largest absolute Gasteiger partial charge is 0.491 e. The van der Waals surface area contributed by atoms with Crippen LogP contribution in [0.5, 0.6) is 5.75 Å². The molecule has 0 fully saturated rings. The number of anilines is 1. The molecule has 0 aliphatic heterocycles. The van der Waals surface area contributed by atoms with E-state index in [0.29, 0.717) is 17.8 Å². The van der Waals surface area contributed by atoms with Crippen molar-refractivity contribution < 1.29 is 41.4 Å². The Morgan fingerprint density at radius 3 is 2.17 bits per heavy atom. The molecule has 0 saturated heterocycles. The van der Waals surface area contributed by atoms with Crippen LogP contribution in [0.4, 0.5) is 27.8 Å². The minimum Gasteiger partial charge on any atom is -0.491 e. The molecule has 3 rings (SSSR count). The maximum atomic E-state index is 14.8. The van der Waals surface area contributed by atoms with Crippen LogP contribution in [0.2, 0.25) is 0 Å². The summed E-state index contributed by atoms with van der Waals surface area (Å²) in [4.78, 5) is 27.1. The third-order valence-electron chi connectivity index (χ3n) is 5.96. The van der Waals surface area contributed by atoms with Crippen LogP contribution in [0, 0.1) is 17.6 Å². The molecule has 0 unspecified atom stereocenters. The summed E-state index contributed by atoms with van der Waals surface area (Å²) >= 11 is 0. The van der Waals surface area contributed by atoms with Crippen LogP contribution in [-0.2, 0) is 11.0 Å². The van der Waals surface area contributed by atoms with Crippen molar-refractivity contribution in [3.8, 4) is 16.9 Å². The average Bonchev–Trinajstić information content (AvgIpc) is 2.86. The van der Waals surface area contributed by atoms with Gasteiger partial charge in [-0.05, 0) is 48.6 Å². The van der Waals surface area contributed by atoms with Gasteiger partial charge in [-0.15, -0.1) is 0 Å². The number of alkyl halides is 3. The van der Waals surface area contributed by atoms with Gasteiger partial charge in [0.15, 0.2) is 5.78 Å². The number of ketones is 1. The van der Waals surface area contributed by atoms with Crippen LogP contribution < -0.4 is 10.1 Å². The summed E-state index contributed by atoms with van der Waals surface area (Å²) < 4.78 is 73.7. The Bertz CT molecular complexity index is 1290. The molecule has 2 aromatic carbocycles. The molecule has 2 N–H and O–H groups in total. The van der Waals surface area contributed by atoms with Gasteiger partial charge in [0.2, 0.25) is 0 Å². The first-order chi connectivity index (χ1) is 18.8. The molecule has 214 valence electrons. The molecular weight excluding hydrogens is 535 g/mol. The van der Waals surface area contributed by atoms with Crippen molar-refractivity contribution in [1.82, 2.24) is 4.98 Å². The number of nitrogens with one attached hydrogen (secondary N) is 1. The van der Waals surface area contributed by atoms with Crippen molar-refractivity contribution in [1.29, 1.82) is 0 Å². The molecule has 1 atom stereocenters. The zero-order chi connectivity index (χ0) is 29.4. The Morgan fingerprint density at radius 1 is 1.00 bits per heavy atom. The highest BCUT2D eigenvalue weighted by atomic mass is 19.4. The number of pyridine rings is 1. The van der Waals surface area contributed by atoms with Crippen LogP contribution in [0.3, 0.4) is 0 Å². The first-order valence-corrected chi connectivity index (χ1v) is 12.6. The lowest BCUT2D eigenvalue weighted by Gasteiger charge is -2.22. The van der Waals surface area contributed by atoms with Crippen molar-refractivity contribution >= 4 is 17.6 Å². The van der Waals surface area contributed by atoms with Gasteiger partial charge in [0.1, 0.15) is 29.8 Å². The van der Waals surface area contributed by atoms with E-state index in [0.717, 1.165) is 36.4 Å². The predicted octanol–water partition coefficient (Wildman–Crippen LogP) is 7.39. The number of nitrogens with zero attached hydrogens (tertiary/aromatic N) is 1. The van der Waals surface area contributed by atoms with E-state index in [1.54, 1.807) is 12.1 Å². The van der Waals surface area contributed by atoms with Gasteiger partial charge in [0.25, 0.3) is 0 Å². The number of benzene rings is 2. The molecule has 3 aromatic rings. The van der Waals surface area contributed by atoms with Crippen LogP contribution in [0.15, 0.2) is 54.7 Å². The summed E-state index contributed by atoms with van der Waals surface area (Å²) in [7, 11) is 0. The van der Waals surface area contributed by atoms with Gasteiger partial charge in [0.05, 0.1) is 17.2 Å². The second-order valence-electron chi connectivity index (χ2n) is 9.72. The fraction of sp³-hybridized carbons (Fsp3) is 0.345. The second kappa shape index (κ2) is 13.4. The average molecular weight is 565 g/mol. The lowest BCUT2D eigenvalue weighted by atomic mass is 10.0. The minimum absolute atomic E-state index is 0.0221. The van der Waals surface area contributed by atoms with Crippen molar-refractivity contribution in [2.75, 3.05) is 11.9 Å². The van der Waals surface area contributed by atoms with Gasteiger partial charge in [-0.1, -0.05) is 26.0 Å². The standard InChI is InChI=1S/C29H29F5N2O4/c1-17(2)12-21(36-26-11-8-19(15-35-26)25(37)4-3-5-27(38)39)16-40-22-13-23(30)28(24(31)14-22)18-6-9-20(10-7-18)29(32,33)34/h6-11,13-15,17,21H,3-5,12,16H2,1-2H3,(H,35,36)(H,38,39)/t21-/m0/s1. The molecule has 40 heavy (non-hydrogen) atoms. The van der Waals surface area contributed by atoms with Gasteiger partial charge in [-0.25, -0.2) is 13.8 Å². The lowest BCUT2D eigenvalue weighted by molar-refractivity contribution is -0.138. The highest BCUT2D eigenvalue weighted by Gasteiger charge is 2.30. The molecule has 0 bridgehead atoms. The van der Waals surface area contributed by atoms with Crippen LogP contribution in [-0.4, -0.2) is 34.5 Å². The maximum Gasteiger partial charge on any atom is 0.416 e. The van der Waals surface area contributed by atoms with E-state index in [1.165, 1.54) is 6.20 Å². The summed E-state index contributed by atoms with van der Waals surface area (Å²) in [6.45, 7) is 3.99. The first kappa shape index (κ1) is 30.5. The SMILES string of the molecule is CC(C)C[C@@H](COc1cc(F)c(-c2ccc(C(F)(F)F)cc2)c(F)c1)Nc1ccc(C(=O)CCCC(=O)O)cn1.